The average Bonchev–Trinajstić information content (AvgIpc) is 2.68. The van der Waals surface area contributed by atoms with Crippen molar-refractivity contribution < 1.29 is 14.3 Å². The molecule has 0 fully saturated rings. The molecule has 0 aliphatic carbocycles. The average molecular weight is 358 g/mol. The topological polar surface area (TPSA) is 43.4 Å². The monoisotopic (exact) mass is 358 g/mol. The largest absolute Gasteiger partial charge is 0.460 e. The Balaban J connectivity index is 1.92. The fraction of sp³-hybridized carbons (Fsp3) is 0.167. The van der Waals surface area contributed by atoms with Gasteiger partial charge in [0, 0.05) is 5.56 Å². The maximum absolute atomic E-state index is 13.3. The van der Waals surface area contributed by atoms with Crippen LogP contribution in [0.1, 0.15) is 38.5 Å². The van der Waals surface area contributed by atoms with Crippen molar-refractivity contribution in [2.24, 2.45) is 0 Å². The van der Waals surface area contributed by atoms with Crippen LogP contribution in [-0.2, 0) is 16.1 Å². The Morgan fingerprint density at radius 1 is 0.778 bits per heavy atom. The van der Waals surface area contributed by atoms with Crippen LogP contribution in [0.25, 0.3) is 0 Å². The number of rotatable bonds is 6. The van der Waals surface area contributed by atoms with E-state index in [2.05, 4.69) is 0 Å². The highest BCUT2D eigenvalue weighted by molar-refractivity contribution is 6.14. The second kappa shape index (κ2) is 8.45. The van der Waals surface area contributed by atoms with E-state index in [1.54, 1.807) is 12.1 Å². The quantitative estimate of drug-likeness (QED) is 0.353. The first-order valence-corrected chi connectivity index (χ1v) is 8.94. The molecular formula is C24H22O3. The van der Waals surface area contributed by atoms with Crippen molar-refractivity contribution in [2.45, 2.75) is 26.4 Å². The SMILES string of the molecule is Cc1cccc(C)c1C(=O)C(C(=O)OCc1ccccc1)c1ccccc1. The second-order valence-electron chi connectivity index (χ2n) is 6.57. The first-order valence-electron chi connectivity index (χ1n) is 8.94. The van der Waals surface area contributed by atoms with Gasteiger partial charge in [-0.3, -0.25) is 9.59 Å². The van der Waals surface area contributed by atoms with Crippen molar-refractivity contribution in [1.82, 2.24) is 0 Å². The number of esters is 1. The molecule has 0 aromatic heterocycles. The summed E-state index contributed by atoms with van der Waals surface area (Å²) in [5.74, 6) is -1.73. The lowest BCUT2D eigenvalue weighted by Gasteiger charge is -2.18. The minimum Gasteiger partial charge on any atom is -0.460 e. The lowest BCUT2D eigenvalue weighted by Crippen LogP contribution is -2.25. The normalized spacial score (nSPS) is 11.6. The molecule has 0 bridgehead atoms. The minimum absolute atomic E-state index is 0.142. The van der Waals surface area contributed by atoms with Crippen molar-refractivity contribution in [3.8, 4) is 0 Å². The summed E-state index contributed by atoms with van der Waals surface area (Å²) in [5, 5.41) is 0. The molecule has 0 aliphatic heterocycles. The van der Waals surface area contributed by atoms with Gasteiger partial charge >= 0.3 is 5.97 Å². The molecule has 0 saturated heterocycles. The third kappa shape index (κ3) is 4.32. The van der Waals surface area contributed by atoms with Crippen LogP contribution in [0.3, 0.4) is 0 Å². The third-order valence-corrected chi connectivity index (χ3v) is 4.58. The van der Waals surface area contributed by atoms with Crippen LogP contribution in [0.5, 0.6) is 0 Å². The number of Topliss-reactive ketones (excluding diaryl/α,β-unsaturated/α-hetero) is 1. The van der Waals surface area contributed by atoms with E-state index in [-0.39, 0.29) is 12.4 Å². The van der Waals surface area contributed by atoms with Crippen molar-refractivity contribution in [1.29, 1.82) is 0 Å². The van der Waals surface area contributed by atoms with Gasteiger partial charge in [0.15, 0.2) is 5.78 Å². The molecule has 3 nitrogen and oxygen atoms in total. The first-order chi connectivity index (χ1) is 13.1. The summed E-state index contributed by atoms with van der Waals surface area (Å²) < 4.78 is 5.51. The summed E-state index contributed by atoms with van der Waals surface area (Å²) in [7, 11) is 0. The van der Waals surface area contributed by atoms with E-state index < -0.39 is 11.9 Å². The first kappa shape index (κ1) is 18.6. The van der Waals surface area contributed by atoms with Crippen molar-refractivity contribution in [3.05, 3.63) is 107 Å². The van der Waals surface area contributed by atoms with E-state index in [1.807, 2.05) is 80.6 Å². The fourth-order valence-electron chi connectivity index (χ4n) is 3.20. The second-order valence-corrected chi connectivity index (χ2v) is 6.57. The Morgan fingerprint density at radius 3 is 1.93 bits per heavy atom. The minimum atomic E-state index is -0.977. The van der Waals surface area contributed by atoms with E-state index >= 15 is 0 Å². The summed E-state index contributed by atoms with van der Waals surface area (Å²) in [5.41, 5.74) is 3.83. The zero-order valence-corrected chi connectivity index (χ0v) is 15.5. The van der Waals surface area contributed by atoms with Gasteiger partial charge in [-0.25, -0.2) is 0 Å². The van der Waals surface area contributed by atoms with Crippen LogP contribution in [0, 0.1) is 13.8 Å². The molecule has 3 rings (SSSR count). The number of ketones is 1. The van der Waals surface area contributed by atoms with Gasteiger partial charge in [-0.15, -0.1) is 0 Å². The van der Waals surface area contributed by atoms with Gasteiger partial charge in [-0.2, -0.15) is 0 Å². The van der Waals surface area contributed by atoms with E-state index in [0.717, 1.165) is 16.7 Å². The molecule has 0 radical (unpaired) electrons. The van der Waals surface area contributed by atoms with E-state index in [1.165, 1.54) is 0 Å². The van der Waals surface area contributed by atoms with Crippen LogP contribution >= 0.6 is 0 Å². The molecule has 0 heterocycles. The van der Waals surface area contributed by atoms with Gasteiger partial charge < -0.3 is 4.74 Å². The lowest BCUT2D eigenvalue weighted by atomic mass is 9.87. The highest BCUT2D eigenvalue weighted by Gasteiger charge is 2.32. The molecule has 0 amide bonds. The molecule has 0 spiro atoms. The Kier molecular flexibility index (Phi) is 5.82. The molecule has 27 heavy (non-hydrogen) atoms. The Hall–Kier alpha value is -3.20. The van der Waals surface area contributed by atoms with Crippen LogP contribution < -0.4 is 0 Å². The maximum atomic E-state index is 13.3. The molecule has 3 aromatic carbocycles. The van der Waals surface area contributed by atoms with Gasteiger partial charge in [0.1, 0.15) is 12.5 Å². The van der Waals surface area contributed by atoms with E-state index in [9.17, 15) is 9.59 Å². The van der Waals surface area contributed by atoms with E-state index in [4.69, 9.17) is 4.74 Å². The van der Waals surface area contributed by atoms with Crippen LogP contribution in [0.15, 0.2) is 78.9 Å². The summed E-state index contributed by atoms with van der Waals surface area (Å²) in [6.07, 6.45) is 0. The van der Waals surface area contributed by atoms with Crippen LogP contribution in [0.4, 0.5) is 0 Å². The van der Waals surface area contributed by atoms with Gasteiger partial charge in [-0.05, 0) is 36.1 Å². The molecule has 136 valence electrons. The zero-order valence-electron chi connectivity index (χ0n) is 15.5. The Labute approximate surface area is 159 Å². The molecule has 0 aliphatic rings. The number of hydrogen-bond acceptors (Lipinski definition) is 3. The van der Waals surface area contributed by atoms with Crippen molar-refractivity contribution in [3.63, 3.8) is 0 Å². The molecular weight excluding hydrogens is 336 g/mol. The van der Waals surface area contributed by atoms with Gasteiger partial charge in [0.05, 0.1) is 0 Å². The Bertz CT molecular complexity index is 910. The van der Waals surface area contributed by atoms with Crippen molar-refractivity contribution in [2.75, 3.05) is 0 Å². The smallest absolute Gasteiger partial charge is 0.321 e. The molecule has 3 aromatic rings. The highest BCUT2D eigenvalue weighted by Crippen LogP contribution is 2.26. The summed E-state index contributed by atoms with van der Waals surface area (Å²) in [6.45, 7) is 3.91. The standard InChI is InChI=1S/C24H22O3/c1-17-10-9-11-18(2)21(17)23(25)22(20-14-7-4-8-15-20)24(26)27-16-19-12-5-3-6-13-19/h3-15,22H,16H2,1-2H3. The maximum Gasteiger partial charge on any atom is 0.321 e. The van der Waals surface area contributed by atoms with Crippen molar-refractivity contribution >= 4 is 11.8 Å². The number of benzene rings is 3. The highest BCUT2D eigenvalue weighted by atomic mass is 16.5. The lowest BCUT2D eigenvalue weighted by molar-refractivity contribution is -0.145. The zero-order chi connectivity index (χ0) is 19.2. The van der Waals surface area contributed by atoms with E-state index in [0.29, 0.717) is 11.1 Å². The molecule has 1 atom stereocenters. The Morgan fingerprint density at radius 2 is 1.33 bits per heavy atom. The molecule has 0 N–H and O–H groups in total. The fourth-order valence-corrected chi connectivity index (χ4v) is 3.20. The van der Waals surface area contributed by atoms with Gasteiger partial charge in [0.2, 0.25) is 0 Å². The number of aryl methyl sites for hydroxylation is 2. The van der Waals surface area contributed by atoms with Crippen LogP contribution in [0.2, 0.25) is 0 Å². The summed E-state index contributed by atoms with van der Waals surface area (Å²) in [6, 6.07) is 24.2. The van der Waals surface area contributed by atoms with Gasteiger partial charge in [-0.1, -0.05) is 78.9 Å². The number of carbonyl (C=O) groups excluding carboxylic acids is 2. The summed E-state index contributed by atoms with van der Waals surface area (Å²) >= 11 is 0. The van der Waals surface area contributed by atoms with Gasteiger partial charge in [0.25, 0.3) is 0 Å². The summed E-state index contributed by atoms with van der Waals surface area (Å²) in [4.78, 5) is 26.3. The predicted octanol–water partition coefficient (Wildman–Crippen LogP) is 5.01. The third-order valence-electron chi connectivity index (χ3n) is 4.58. The van der Waals surface area contributed by atoms with Crippen LogP contribution in [-0.4, -0.2) is 11.8 Å². The number of carbonyl (C=O) groups is 2. The predicted molar refractivity (Wildman–Crippen MR) is 106 cm³/mol. The molecule has 3 heteroatoms. The molecule has 0 saturated carbocycles. The molecule has 1 unspecified atom stereocenters. The number of ether oxygens (including phenoxy) is 1. The number of hydrogen-bond donors (Lipinski definition) is 0.